The van der Waals surface area contributed by atoms with Crippen LogP contribution in [0.3, 0.4) is 0 Å². The summed E-state index contributed by atoms with van der Waals surface area (Å²) in [7, 11) is 3.24. The van der Waals surface area contributed by atoms with E-state index in [9.17, 15) is 5.11 Å². The van der Waals surface area contributed by atoms with Crippen molar-refractivity contribution in [1.82, 2.24) is 0 Å². The molecule has 1 N–H and O–H groups in total. The topological polar surface area (TPSA) is 47.9 Å². The van der Waals surface area contributed by atoms with Gasteiger partial charge in [0, 0.05) is 7.11 Å². The summed E-state index contributed by atoms with van der Waals surface area (Å²) in [5.74, 6) is 0.676. The Bertz CT molecular complexity index is 691. The van der Waals surface area contributed by atoms with Crippen molar-refractivity contribution in [1.29, 1.82) is 0 Å². The summed E-state index contributed by atoms with van der Waals surface area (Å²) in [6.45, 7) is 7.36. The molecule has 5 heteroatoms. The van der Waals surface area contributed by atoms with E-state index in [1.165, 1.54) is 5.57 Å². The standard InChI is InChI=1S/C20H25IO4/c1-13(9-15-10-17(21)20(22)19(11-15)24-4)5-6-18-16(7-8-25-18)14(2)12-23-3/h7,9-11,18,22H,2,5-6,8,12H2,1,3-4H3/b13-9+. The summed E-state index contributed by atoms with van der Waals surface area (Å²) in [4.78, 5) is 0. The number of phenolic OH excluding ortho intramolecular Hbond substituents is 1. The van der Waals surface area contributed by atoms with Crippen molar-refractivity contribution in [2.45, 2.75) is 25.9 Å². The largest absolute Gasteiger partial charge is 0.504 e. The van der Waals surface area contributed by atoms with Crippen molar-refractivity contribution in [2.24, 2.45) is 0 Å². The van der Waals surface area contributed by atoms with Crippen molar-refractivity contribution >= 4 is 28.7 Å². The number of benzene rings is 1. The average molecular weight is 456 g/mol. The number of phenols is 1. The fraction of sp³-hybridized carbons (Fsp3) is 0.400. The smallest absolute Gasteiger partial charge is 0.171 e. The second-order valence-electron chi connectivity index (χ2n) is 6.10. The van der Waals surface area contributed by atoms with Crippen LogP contribution in [0.2, 0.25) is 0 Å². The maximum atomic E-state index is 9.93. The van der Waals surface area contributed by atoms with Gasteiger partial charge in [0.1, 0.15) is 0 Å². The molecule has 1 heterocycles. The highest BCUT2D eigenvalue weighted by Crippen LogP contribution is 2.33. The summed E-state index contributed by atoms with van der Waals surface area (Å²) in [6.07, 6.45) is 6.12. The molecule has 0 aromatic heterocycles. The average Bonchev–Trinajstić information content (AvgIpc) is 3.05. The van der Waals surface area contributed by atoms with Crippen LogP contribution in [0.15, 0.2) is 41.5 Å². The van der Waals surface area contributed by atoms with E-state index < -0.39 is 0 Å². The molecule has 0 radical (unpaired) electrons. The molecule has 1 aliphatic rings. The van der Waals surface area contributed by atoms with Gasteiger partial charge in [0.25, 0.3) is 0 Å². The number of ether oxygens (including phenoxy) is 3. The second kappa shape index (κ2) is 9.40. The lowest BCUT2D eigenvalue weighted by atomic mass is 9.97. The Labute approximate surface area is 163 Å². The molecule has 0 aliphatic carbocycles. The maximum absolute atomic E-state index is 9.93. The van der Waals surface area contributed by atoms with Crippen molar-refractivity contribution in [2.75, 3.05) is 27.4 Å². The van der Waals surface area contributed by atoms with E-state index in [1.54, 1.807) is 14.2 Å². The van der Waals surface area contributed by atoms with Crippen molar-refractivity contribution in [3.63, 3.8) is 0 Å². The zero-order chi connectivity index (χ0) is 18.4. The highest BCUT2D eigenvalue weighted by atomic mass is 127. The van der Waals surface area contributed by atoms with Gasteiger partial charge < -0.3 is 19.3 Å². The molecule has 1 aromatic carbocycles. The number of rotatable bonds is 8. The molecule has 1 atom stereocenters. The minimum absolute atomic E-state index is 0.0838. The van der Waals surface area contributed by atoms with E-state index in [0.29, 0.717) is 19.0 Å². The Hall–Kier alpha value is -1.31. The highest BCUT2D eigenvalue weighted by molar-refractivity contribution is 14.1. The van der Waals surface area contributed by atoms with Gasteiger partial charge in [-0.1, -0.05) is 24.3 Å². The predicted octanol–water partition coefficient (Wildman–Crippen LogP) is 4.72. The number of halogens is 1. The van der Waals surface area contributed by atoms with Crippen LogP contribution in [0.25, 0.3) is 6.08 Å². The zero-order valence-corrected chi connectivity index (χ0v) is 17.1. The number of methoxy groups -OCH3 is 2. The molecule has 1 aliphatic heterocycles. The van der Waals surface area contributed by atoms with E-state index in [1.807, 2.05) is 12.1 Å². The molecule has 136 valence electrons. The molecule has 1 aromatic rings. The van der Waals surface area contributed by atoms with E-state index in [0.717, 1.165) is 33.1 Å². The van der Waals surface area contributed by atoms with Crippen LogP contribution in [0.4, 0.5) is 0 Å². The van der Waals surface area contributed by atoms with Crippen molar-refractivity contribution < 1.29 is 19.3 Å². The first-order chi connectivity index (χ1) is 12.0. The number of hydrogen-bond acceptors (Lipinski definition) is 4. The predicted molar refractivity (Wildman–Crippen MR) is 109 cm³/mol. The Balaban J connectivity index is 2.01. The third-order valence-electron chi connectivity index (χ3n) is 4.16. The van der Waals surface area contributed by atoms with Gasteiger partial charge in [0.2, 0.25) is 0 Å². The Morgan fingerprint density at radius 3 is 2.88 bits per heavy atom. The van der Waals surface area contributed by atoms with E-state index in [-0.39, 0.29) is 11.9 Å². The third kappa shape index (κ3) is 5.33. The van der Waals surface area contributed by atoms with Gasteiger partial charge in [-0.05, 0) is 71.2 Å². The normalized spacial score (nSPS) is 17.5. The Morgan fingerprint density at radius 2 is 2.20 bits per heavy atom. The third-order valence-corrected chi connectivity index (χ3v) is 4.98. The lowest BCUT2D eigenvalue weighted by molar-refractivity contribution is 0.115. The number of hydrogen-bond donors (Lipinski definition) is 1. The maximum Gasteiger partial charge on any atom is 0.171 e. The van der Waals surface area contributed by atoms with E-state index in [4.69, 9.17) is 14.2 Å². The molecule has 0 amide bonds. The van der Waals surface area contributed by atoms with Crippen LogP contribution in [-0.4, -0.2) is 38.6 Å². The van der Waals surface area contributed by atoms with Crippen LogP contribution in [0.1, 0.15) is 25.3 Å². The number of aromatic hydroxyl groups is 1. The van der Waals surface area contributed by atoms with Crippen LogP contribution < -0.4 is 4.74 Å². The fourth-order valence-corrected chi connectivity index (χ4v) is 3.52. The SMILES string of the molecule is C=C(COC)C1=CCOC1CC/C(C)=C/c1cc(I)c(O)c(OC)c1. The molecule has 0 fully saturated rings. The lowest BCUT2D eigenvalue weighted by Crippen LogP contribution is -2.13. The molecule has 0 saturated carbocycles. The summed E-state index contributed by atoms with van der Waals surface area (Å²) < 4.78 is 17.0. The number of allylic oxidation sites excluding steroid dienone is 1. The van der Waals surface area contributed by atoms with Gasteiger partial charge in [-0.3, -0.25) is 0 Å². The van der Waals surface area contributed by atoms with Crippen LogP contribution in [-0.2, 0) is 9.47 Å². The van der Waals surface area contributed by atoms with Gasteiger partial charge in [-0.25, -0.2) is 0 Å². The van der Waals surface area contributed by atoms with Gasteiger partial charge in [0.15, 0.2) is 11.5 Å². The lowest BCUT2D eigenvalue weighted by Gasteiger charge is -2.16. The van der Waals surface area contributed by atoms with Crippen LogP contribution in [0.5, 0.6) is 11.5 Å². The van der Waals surface area contributed by atoms with Gasteiger partial charge in [0.05, 0.1) is 30.0 Å². The molecule has 25 heavy (non-hydrogen) atoms. The summed E-state index contributed by atoms with van der Waals surface area (Å²) in [6, 6.07) is 3.79. The molecule has 0 spiro atoms. The van der Waals surface area contributed by atoms with E-state index >= 15 is 0 Å². The first kappa shape index (κ1) is 20.0. The second-order valence-corrected chi connectivity index (χ2v) is 7.26. The molecular weight excluding hydrogens is 431 g/mol. The Morgan fingerprint density at radius 1 is 1.44 bits per heavy atom. The Kier molecular flexibility index (Phi) is 7.53. The quantitative estimate of drug-likeness (QED) is 0.576. The van der Waals surface area contributed by atoms with Crippen molar-refractivity contribution in [3.05, 3.63) is 50.6 Å². The molecule has 0 bridgehead atoms. The summed E-state index contributed by atoms with van der Waals surface area (Å²) >= 11 is 2.11. The van der Waals surface area contributed by atoms with Crippen molar-refractivity contribution in [3.8, 4) is 11.5 Å². The monoisotopic (exact) mass is 456 g/mol. The van der Waals surface area contributed by atoms with Gasteiger partial charge in [-0.2, -0.15) is 0 Å². The molecule has 0 saturated heterocycles. The van der Waals surface area contributed by atoms with Gasteiger partial charge >= 0.3 is 0 Å². The molecule has 1 unspecified atom stereocenters. The summed E-state index contributed by atoms with van der Waals surface area (Å²) in [5, 5.41) is 9.93. The first-order valence-electron chi connectivity index (χ1n) is 8.18. The molecule has 4 nitrogen and oxygen atoms in total. The molecule has 2 rings (SSSR count). The van der Waals surface area contributed by atoms with E-state index in [2.05, 4.69) is 48.2 Å². The highest BCUT2D eigenvalue weighted by Gasteiger charge is 2.21. The van der Waals surface area contributed by atoms with Gasteiger partial charge in [-0.15, -0.1) is 0 Å². The minimum Gasteiger partial charge on any atom is -0.504 e. The fourth-order valence-electron chi connectivity index (χ4n) is 2.89. The summed E-state index contributed by atoms with van der Waals surface area (Å²) in [5.41, 5.74) is 4.42. The molecular formula is C20H25IO4. The zero-order valence-electron chi connectivity index (χ0n) is 15.0. The first-order valence-corrected chi connectivity index (χ1v) is 9.26. The van der Waals surface area contributed by atoms with Crippen LogP contribution in [0, 0.1) is 3.57 Å². The minimum atomic E-state index is 0.0838. The van der Waals surface area contributed by atoms with Crippen LogP contribution >= 0.6 is 22.6 Å².